The Morgan fingerprint density at radius 2 is 1.97 bits per heavy atom. The minimum atomic E-state index is -1.06. The van der Waals surface area contributed by atoms with Gasteiger partial charge in [0.05, 0.1) is 29.2 Å². The van der Waals surface area contributed by atoms with Gasteiger partial charge in [-0.15, -0.1) is 0 Å². The van der Waals surface area contributed by atoms with Gasteiger partial charge in [0.2, 0.25) is 0 Å². The van der Waals surface area contributed by atoms with Crippen molar-refractivity contribution in [2.24, 2.45) is 0 Å². The molecule has 0 spiro atoms. The number of nitrogens with zero attached hydrogens (tertiary/aromatic N) is 6. The highest BCUT2D eigenvalue weighted by molar-refractivity contribution is 5.89. The van der Waals surface area contributed by atoms with E-state index in [9.17, 15) is 5.11 Å². The number of imidazole rings is 2. The highest BCUT2D eigenvalue weighted by atomic mass is 16.3. The summed E-state index contributed by atoms with van der Waals surface area (Å²) in [7, 11) is 0. The Hall–Kier alpha value is -3.52. The van der Waals surface area contributed by atoms with Crippen molar-refractivity contribution in [1.29, 1.82) is 0 Å². The fourth-order valence-electron chi connectivity index (χ4n) is 3.54. The highest BCUT2D eigenvalue weighted by Gasteiger charge is 2.24. The van der Waals surface area contributed by atoms with Crippen LogP contribution in [0, 0.1) is 0 Å². The van der Waals surface area contributed by atoms with Crippen LogP contribution >= 0.6 is 0 Å². The van der Waals surface area contributed by atoms with Crippen LogP contribution in [0.3, 0.4) is 0 Å². The maximum absolute atomic E-state index is 10.7. The average Bonchev–Trinajstić information content (AvgIpc) is 3.34. The van der Waals surface area contributed by atoms with Gasteiger partial charge in [-0.2, -0.15) is 0 Å². The van der Waals surface area contributed by atoms with Crippen LogP contribution in [-0.4, -0.2) is 40.6 Å². The lowest BCUT2D eigenvalue weighted by Gasteiger charge is -2.19. The molecule has 0 aliphatic rings. The predicted molar refractivity (Wildman–Crippen MR) is 112 cm³/mol. The fourth-order valence-corrected chi connectivity index (χ4v) is 3.54. The summed E-state index contributed by atoms with van der Waals surface area (Å²) in [5.41, 5.74) is 3.55. The zero-order chi connectivity index (χ0) is 20.0. The molecule has 5 rings (SSSR count). The van der Waals surface area contributed by atoms with Crippen molar-refractivity contribution in [3.05, 3.63) is 60.8 Å². The number of nitrogens with one attached hydrogen (secondary N) is 1. The molecule has 8 nitrogen and oxygen atoms in total. The molecule has 4 aromatic heterocycles. The Morgan fingerprint density at radius 3 is 2.76 bits per heavy atom. The van der Waals surface area contributed by atoms with Crippen LogP contribution in [0.1, 0.15) is 19.4 Å². The van der Waals surface area contributed by atoms with Crippen molar-refractivity contribution in [3.63, 3.8) is 0 Å². The van der Waals surface area contributed by atoms with Crippen LogP contribution in [0.4, 0.5) is 5.82 Å². The van der Waals surface area contributed by atoms with Crippen molar-refractivity contribution in [2.75, 3.05) is 11.9 Å². The summed E-state index contributed by atoms with van der Waals surface area (Å²) in [5.74, 6) is 0.688. The molecular weight excluding hydrogens is 366 g/mol. The van der Waals surface area contributed by atoms with E-state index in [1.165, 1.54) is 0 Å². The second-order valence-corrected chi connectivity index (χ2v) is 7.57. The van der Waals surface area contributed by atoms with E-state index in [1.54, 1.807) is 32.6 Å². The van der Waals surface area contributed by atoms with Gasteiger partial charge in [-0.25, -0.2) is 19.9 Å². The molecule has 8 heteroatoms. The van der Waals surface area contributed by atoms with E-state index in [-0.39, 0.29) is 0 Å². The van der Waals surface area contributed by atoms with E-state index in [0.717, 1.165) is 23.1 Å². The van der Waals surface area contributed by atoms with Crippen molar-refractivity contribution >= 4 is 33.7 Å². The number of rotatable bonds is 5. The van der Waals surface area contributed by atoms with Gasteiger partial charge in [-0.3, -0.25) is 4.40 Å². The first-order valence-corrected chi connectivity index (χ1v) is 9.50. The number of hydrogen-bond donors (Lipinski definition) is 2. The summed E-state index contributed by atoms with van der Waals surface area (Å²) in [5, 5.41) is 14.0. The number of hydrogen-bond acceptors (Lipinski definition) is 6. The molecule has 146 valence electrons. The lowest BCUT2D eigenvalue weighted by atomic mass is 9.99. The van der Waals surface area contributed by atoms with Gasteiger partial charge < -0.3 is 15.0 Å². The zero-order valence-electron chi connectivity index (χ0n) is 16.2. The SMILES string of the molecule is CC(C)(O)c1cc2ncc(NCCn3ccnc3)nc2n2c1nc1ccccc12. The summed E-state index contributed by atoms with van der Waals surface area (Å²) < 4.78 is 3.98. The molecule has 0 bridgehead atoms. The van der Waals surface area contributed by atoms with Gasteiger partial charge in [-0.1, -0.05) is 12.1 Å². The zero-order valence-corrected chi connectivity index (χ0v) is 16.2. The third-order valence-electron chi connectivity index (χ3n) is 4.97. The van der Waals surface area contributed by atoms with Crippen molar-refractivity contribution < 1.29 is 5.11 Å². The van der Waals surface area contributed by atoms with Gasteiger partial charge in [-0.05, 0) is 32.0 Å². The number of anilines is 1. The molecule has 0 aliphatic heterocycles. The summed E-state index contributed by atoms with van der Waals surface area (Å²) in [6.45, 7) is 4.99. The standard InChI is InChI=1S/C21H21N7O/c1-21(2,29)14-11-16-20(28-17-6-4-3-5-15(17)25-19(14)28)26-18(12-24-16)23-8-10-27-9-7-22-13-27/h3-7,9,11-13,29H,8,10H2,1-2H3,(H,23,26). The van der Waals surface area contributed by atoms with Crippen molar-refractivity contribution in [2.45, 2.75) is 26.0 Å². The number of benzene rings is 1. The normalized spacial score (nSPS) is 12.2. The maximum Gasteiger partial charge on any atom is 0.167 e. The van der Waals surface area contributed by atoms with E-state index in [4.69, 9.17) is 9.97 Å². The van der Waals surface area contributed by atoms with Crippen LogP contribution in [0.25, 0.3) is 27.8 Å². The smallest absolute Gasteiger partial charge is 0.167 e. The van der Waals surface area contributed by atoms with E-state index in [1.807, 2.05) is 45.5 Å². The lowest BCUT2D eigenvalue weighted by molar-refractivity contribution is 0.0798. The largest absolute Gasteiger partial charge is 0.386 e. The third-order valence-corrected chi connectivity index (χ3v) is 4.97. The molecular formula is C21H21N7O. The molecule has 0 atom stereocenters. The molecule has 0 fully saturated rings. The topological polar surface area (TPSA) is 93.2 Å². The first-order chi connectivity index (χ1) is 14.0. The summed E-state index contributed by atoms with van der Waals surface area (Å²) in [6, 6.07) is 9.76. The van der Waals surface area contributed by atoms with Crippen LogP contribution in [-0.2, 0) is 12.1 Å². The van der Waals surface area contributed by atoms with E-state index in [0.29, 0.717) is 29.2 Å². The average molecular weight is 387 g/mol. The van der Waals surface area contributed by atoms with Crippen molar-refractivity contribution in [3.8, 4) is 0 Å². The number of aromatic nitrogens is 6. The van der Waals surface area contributed by atoms with Gasteiger partial charge in [0.15, 0.2) is 5.65 Å². The van der Waals surface area contributed by atoms with Crippen LogP contribution in [0.2, 0.25) is 0 Å². The van der Waals surface area contributed by atoms with Gasteiger partial charge in [0, 0.05) is 31.0 Å². The maximum atomic E-state index is 10.7. The minimum absolute atomic E-state index is 0.688. The fraction of sp³-hybridized carbons (Fsp3) is 0.238. The number of fused-ring (bicyclic) bond motifs is 5. The van der Waals surface area contributed by atoms with Crippen molar-refractivity contribution in [1.82, 2.24) is 28.9 Å². The van der Waals surface area contributed by atoms with E-state index in [2.05, 4.69) is 15.3 Å². The van der Waals surface area contributed by atoms with Gasteiger partial charge in [0.1, 0.15) is 17.0 Å². The third kappa shape index (κ3) is 3.07. The molecule has 0 radical (unpaired) electrons. The summed E-state index contributed by atoms with van der Waals surface area (Å²) >= 11 is 0. The van der Waals surface area contributed by atoms with Crippen LogP contribution in [0.5, 0.6) is 0 Å². The Kier molecular flexibility index (Phi) is 3.95. The first-order valence-electron chi connectivity index (χ1n) is 9.50. The van der Waals surface area contributed by atoms with Gasteiger partial charge in [0.25, 0.3) is 0 Å². The Labute approximate surface area is 166 Å². The van der Waals surface area contributed by atoms with E-state index < -0.39 is 5.60 Å². The number of para-hydroxylation sites is 2. The molecule has 0 aliphatic carbocycles. The Bertz CT molecular complexity index is 1320. The minimum Gasteiger partial charge on any atom is -0.386 e. The Morgan fingerprint density at radius 1 is 1.10 bits per heavy atom. The quantitative estimate of drug-likeness (QED) is 0.482. The molecule has 0 saturated heterocycles. The highest BCUT2D eigenvalue weighted by Crippen LogP contribution is 2.31. The second kappa shape index (κ2) is 6.52. The van der Waals surface area contributed by atoms with Crippen LogP contribution in [0.15, 0.2) is 55.2 Å². The second-order valence-electron chi connectivity index (χ2n) is 7.57. The molecule has 5 aromatic rings. The lowest BCUT2D eigenvalue weighted by Crippen LogP contribution is -2.18. The molecule has 0 saturated carbocycles. The molecule has 2 N–H and O–H groups in total. The van der Waals surface area contributed by atoms with Crippen LogP contribution < -0.4 is 5.32 Å². The number of aliphatic hydroxyl groups is 1. The Balaban J connectivity index is 1.65. The number of pyridine rings is 1. The monoisotopic (exact) mass is 387 g/mol. The first kappa shape index (κ1) is 17.6. The molecule has 0 amide bonds. The summed E-state index contributed by atoms with van der Waals surface area (Å²) in [4.78, 5) is 18.2. The molecule has 4 heterocycles. The predicted octanol–water partition coefficient (Wildman–Crippen LogP) is 2.97. The van der Waals surface area contributed by atoms with Gasteiger partial charge >= 0.3 is 0 Å². The van der Waals surface area contributed by atoms with E-state index >= 15 is 0 Å². The summed E-state index contributed by atoms with van der Waals surface area (Å²) in [6.07, 6.45) is 7.19. The molecule has 1 aromatic carbocycles. The molecule has 0 unspecified atom stereocenters. The molecule has 29 heavy (non-hydrogen) atoms.